The molecule has 0 heterocycles. The Balaban J connectivity index is -0.000000239. The summed E-state index contributed by atoms with van der Waals surface area (Å²) in [5.41, 5.74) is 4.17. The van der Waals surface area contributed by atoms with Gasteiger partial charge in [0, 0.05) is 40.3 Å². The van der Waals surface area contributed by atoms with Crippen LogP contribution in [-0.2, 0) is 48.0 Å². The maximum atomic E-state index is 11.9. The summed E-state index contributed by atoms with van der Waals surface area (Å²) in [6.07, 6.45) is 31.9. The van der Waals surface area contributed by atoms with E-state index in [0.29, 0.717) is 52.5 Å². The van der Waals surface area contributed by atoms with E-state index in [1.165, 1.54) is 116 Å². The number of carboxylic acids is 1. The molecule has 1 aliphatic carbocycles. The number of primary amides is 1. The first-order valence-electron chi connectivity index (χ1n) is 22.2. The maximum Gasteiger partial charge on any atom is 1.00 e. The number of aliphatic hydroxyl groups is 1. The summed E-state index contributed by atoms with van der Waals surface area (Å²) in [5, 5.41) is 22.7. The minimum atomic E-state index is -0.963. The molecule has 1 unspecified atom stereocenters. The molecular weight excluding hydrogens is 802 g/mol. The van der Waals surface area contributed by atoms with Crippen molar-refractivity contribution < 1.29 is 110 Å². The van der Waals surface area contributed by atoms with Gasteiger partial charge in [0.25, 0.3) is 0 Å². The van der Waals surface area contributed by atoms with Gasteiger partial charge in [0.15, 0.2) is 5.78 Å². The number of carbonyl (C=O) groups excluding carboxylic acids is 4. The van der Waals surface area contributed by atoms with Crippen molar-refractivity contribution in [3.8, 4) is 0 Å². The number of aldehydes is 1. The summed E-state index contributed by atoms with van der Waals surface area (Å²) >= 11 is 0. The van der Waals surface area contributed by atoms with Crippen molar-refractivity contribution in [1.29, 1.82) is 0 Å². The van der Waals surface area contributed by atoms with Gasteiger partial charge in [-0.1, -0.05) is 129 Å². The van der Waals surface area contributed by atoms with Crippen molar-refractivity contribution >= 4 is 30.4 Å². The van der Waals surface area contributed by atoms with Crippen LogP contribution in [0.4, 0.5) is 0 Å². The number of hydrogen-bond acceptors (Lipinski definition) is 11. The molecule has 0 radical (unpaired) electrons. The van der Waals surface area contributed by atoms with Crippen LogP contribution in [0.25, 0.3) is 5.32 Å². The van der Waals surface area contributed by atoms with Crippen LogP contribution in [0.15, 0.2) is 0 Å². The summed E-state index contributed by atoms with van der Waals surface area (Å²) in [7, 11) is 4.19. The number of nitrogens with two attached hydrogens (primary N) is 1. The molecule has 1 rings (SSSR count). The molecule has 0 aromatic rings. The molecule has 1 fully saturated rings. The van der Waals surface area contributed by atoms with Crippen molar-refractivity contribution in [2.45, 2.75) is 180 Å². The van der Waals surface area contributed by atoms with E-state index in [2.05, 4.69) is 33.1 Å². The van der Waals surface area contributed by atoms with Gasteiger partial charge in [-0.15, -0.1) is 6.54 Å². The number of carboxylic acid groups (broad SMARTS) is 1. The van der Waals surface area contributed by atoms with Crippen molar-refractivity contribution in [3.05, 3.63) is 5.32 Å². The van der Waals surface area contributed by atoms with Gasteiger partial charge in [0.05, 0.1) is 19.8 Å². The predicted octanol–water partition coefficient (Wildman–Crippen LogP) is 5.02. The van der Waals surface area contributed by atoms with E-state index in [0.717, 1.165) is 51.9 Å². The van der Waals surface area contributed by atoms with Crippen LogP contribution in [-0.4, -0.2) is 114 Å². The third-order valence-electron chi connectivity index (χ3n) is 9.15. The largest absolute Gasteiger partial charge is 1.00 e. The third-order valence-corrected chi connectivity index (χ3v) is 9.15. The zero-order chi connectivity index (χ0) is 44.9. The number of carbonyl (C=O) groups is 5. The van der Waals surface area contributed by atoms with Crippen LogP contribution in [0.5, 0.6) is 0 Å². The summed E-state index contributed by atoms with van der Waals surface area (Å²) in [6, 6.07) is -0.783. The number of nitrogens with one attached hydrogen (secondary N) is 1. The van der Waals surface area contributed by atoms with Gasteiger partial charge in [-0.05, 0) is 45.8 Å². The Morgan fingerprint density at radius 2 is 1.22 bits per heavy atom. The zero-order valence-corrected chi connectivity index (χ0v) is 42.1. The Labute approximate surface area is 407 Å². The summed E-state index contributed by atoms with van der Waals surface area (Å²) < 4.78 is 14.7. The first kappa shape index (κ1) is 68.2. The molecule has 0 spiro atoms. The molecule has 16 heteroatoms. The molecule has 0 aromatic heterocycles. The summed E-state index contributed by atoms with van der Waals surface area (Å²) in [4.78, 5) is 61.4. The van der Waals surface area contributed by atoms with Gasteiger partial charge in [-0.2, -0.15) is 0 Å². The Bertz CT molecular complexity index is 887. The number of amides is 2. The van der Waals surface area contributed by atoms with E-state index in [9.17, 15) is 19.2 Å². The minimum Gasteiger partial charge on any atom is -0.637 e. The third kappa shape index (κ3) is 61.4. The van der Waals surface area contributed by atoms with Crippen molar-refractivity contribution in [1.82, 2.24) is 5.32 Å². The Hall–Kier alpha value is -0.894. The van der Waals surface area contributed by atoms with Gasteiger partial charge in [-0.3, -0.25) is 14.4 Å². The minimum absolute atomic E-state index is 0. The topological polar surface area (TPSA) is 224 Å². The first-order valence-corrected chi connectivity index (χ1v) is 22.2. The van der Waals surface area contributed by atoms with Crippen LogP contribution < -0.4 is 62.4 Å². The van der Waals surface area contributed by atoms with E-state index in [1.54, 1.807) is 14.2 Å². The molecule has 0 aliphatic heterocycles. The average molecular weight is 890 g/mol. The van der Waals surface area contributed by atoms with Crippen molar-refractivity contribution in [3.63, 3.8) is 0 Å². The second kappa shape index (κ2) is 62.4. The van der Waals surface area contributed by atoms with E-state index < -0.39 is 12.0 Å². The Morgan fingerprint density at radius 3 is 1.65 bits per heavy atom. The number of nitrogens with zero attached hydrogens (tertiary/aromatic N) is 1. The van der Waals surface area contributed by atoms with Crippen LogP contribution in [0.1, 0.15) is 174 Å². The quantitative estimate of drug-likeness (QED) is 0.0214. The fourth-order valence-corrected chi connectivity index (χ4v) is 5.92. The fraction of sp³-hybridized carbons (Fsp3) is 0.886. The van der Waals surface area contributed by atoms with Gasteiger partial charge < -0.3 is 45.6 Å². The van der Waals surface area contributed by atoms with Crippen molar-refractivity contribution in [2.24, 2.45) is 11.7 Å². The normalized spacial score (nSPS) is 12.2. The van der Waals surface area contributed by atoms with Gasteiger partial charge in [0.2, 0.25) is 12.3 Å². The van der Waals surface area contributed by atoms with E-state index in [4.69, 9.17) is 29.2 Å². The van der Waals surface area contributed by atoms with E-state index in [-0.39, 0.29) is 82.0 Å². The molecule has 1 aliphatic rings. The number of Topliss-reactive ketones (excluding diaryl/α,β-unsaturated/α-hetero) is 1. The molecule has 1 atom stereocenters. The summed E-state index contributed by atoms with van der Waals surface area (Å²) in [6.45, 7) is 6.42. The average Bonchev–Trinajstić information content (AvgIpc) is 3.24. The molecular formula is C44H88KN3O12. The van der Waals surface area contributed by atoms with Crippen LogP contribution in [0.3, 0.4) is 0 Å². The molecule has 0 saturated heterocycles. The van der Waals surface area contributed by atoms with Crippen LogP contribution in [0, 0.1) is 5.92 Å². The number of rotatable bonds is 36. The second-order valence-corrected chi connectivity index (χ2v) is 14.4. The van der Waals surface area contributed by atoms with Crippen molar-refractivity contribution in [2.75, 3.05) is 67.6 Å². The molecule has 0 aromatic carbocycles. The number of ether oxygens (including phenoxy) is 3. The van der Waals surface area contributed by atoms with Gasteiger partial charge in [0.1, 0.15) is 18.9 Å². The molecule has 1 saturated carbocycles. The first-order chi connectivity index (χ1) is 28.7. The number of methoxy groups -OCH3 is 2. The smallest absolute Gasteiger partial charge is 0.637 e. The molecule has 15 nitrogen and oxygen atoms in total. The summed E-state index contributed by atoms with van der Waals surface area (Å²) in [5.74, 6) is -1.13. The number of aliphatic hydroxyl groups excluding tert-OH is 1. The number of ketones is 1. The Kier molecular flexibility index (Phi) is 70.9. The van der Waals surface area contributed by atoms with Gasteiger partial charge in [-0.25, -0.2) is 14.6 Å². The van der Waals surface area contributed by atoms with E-state index in [1.807, 2.05) is 0 Å². The number of aliphatic carboxylic acids is 1. The standard InChI is InChI=1S/C20H40O.C13H23NO4.C9H18NO5.CH3NO.CH4O.K/c1-2-3-4-5-6-7-8-9-10-11-12-13-14-15-16-17-18-19-20-21;1-18-9-5-8-11(13(16)17)14-12(15)10-6-3-2-4-7-10;1-9(11)7-15-14-4-3-10-8-13-6-5-12-2;2-1-3;1-2;/h20H,2-19H2,1H3;10-11H,2-9H2,1H3,(H,14,15)(H,16,17);3-8H2,1-2H3;1H,(H2,2,3);2H,1H3;/q;;-1;;;+1. The molecule has 2 amide bonds. The fourth-order valence-electron chi connectivity index (χ4n) is 5.92. The predicted molar refractivity (Wildman–Crippen MR) is 234 cm³/mol. The van der Waals surface area contributed by atoms with Crippen LogP contribution in [0.2, 0.25) is 0 Å². The maximum absolute atomic E-state index is 11.9. The van der Waals surface area contributed by atoms with E-state index >= 15 is 0 Å². The monoisotopic (exact) mass is 890 g/mol. The number of unbranched alkanes of at least 4 members (excludes halogenated alkanes) is 17. The SMILES string of the molecule is CCCCCCCCCCCCCCCCCCCC=O.CO.COCCCC(NC(=O)C1CCCCC1)C(=O)O.COCCOC[N-]CCOOCC(C)=O.NC=O.[K+]. The van der Waals surface area contributed by atoms with Gasteiger partial charge >= 0.3 is 57.4 Å². The molecule has 5 N–H and O–H groups in total. The number of hydrogen-bond donors (Lipinski definition) is 4. The second-order valence-electron chi connectivity index (χ2n) is 14.4. The molecule has 60 heavy (non-hydrogen) atoms. The Morgan fingerprint density at radius 1 is 0.733 bits per heavy atom. The zero-order valence-electron chi connectivity index (χ0n) is 38.9. The van der Waals surface area contributed by atoms with Crippen LogP contribution >= 0.6 is 0 Å². The molecule has 352 valence electrons. The molecule has 0 bridgehead atoms.